The molecule has 0 bridgehead atoms. The van der Waals surface area contributed by atoms with Crippen molar-refractivity contribution >= 4 is 11.7 Å². The molecule has 134 valence electrons. The Morgan fingerprint density at radius 2 is 1.83 bits per heavy atom. The fraction of sp³-hybridized carbons (Fsp3) is 0.632. The van der Waals surface area contributed by atoms with Gasteiger partial charge in [-0.05, 0) is 42.9 Å². The minimum Gasteiger partial charge on any atom is -0.392 e. The summed E-state index contributed by atoms with van der Waals surface area (Å²) in [6.07, 6.45) is 1.35. The highest BCUT2D eigenvalue weighted by Gasteiger charge is 2.21. The van der Waals surface area contributed by atoms with Crippen molar-refractivity contribution in [2.75, 3.05) is 24.5 Å². The Labute approximate surface area is 145 Å². The van der Waals surface area contributed by atoms with E-state index >= 15 is 0 Å². The second kappa shape index (κ2) is 7.88. The quantitative estimate of drug-likeness (QED) is 0.794. The minimum atomic E-state index is -0.520. The van der Waals surface area contributed by atoms with E-state index in [1.54, 1.807) is 6.92 Å². The maximum atomic E-state index is 11.8. The number of hydrogen-bond acceptors (Lipinski definition) is 3. The van der Waals surface area contributed by atoms with Crippen molar-refractivity contribution in [3.05, 3.63) is 29.8 Å². The van der Waals surface area contributed by atoms with Gasteiger partial charge in [-0.15, -0.1) is 0 Å². The lowest BCUT2D eigenvalue weighted by molar-refractivity contribution is 0.186. The lowest BCUT2D eigenvalue weighted by Gasteiger charge is -2.34. The molecule has 1 aliphatic heterocycles. The van der Waals surface area contributed by atoms with Crippen LogP contribution in [0.3, 0.4) is 0 Å². The number of benzene rings is 1. The van der Waals surface area contributed by atoms with Crippen LogP contribution in [0, 0.1) is 0 Å². The van der Waals surface area contributed by atoms with Gasteiger partial charge in [0.05, 0.1) is 6.10 Å². The van der Waals surface area contributed by atoms with Gasteiger partial charge in [0.25, 0.3) is 0 Å². The van der Waals surface area contributed by atoms with E-state index in [1.807, 2.05) is 0 Å². The number of carbonyl (C=O) groups is 1. The Kier molecular flexibility index (Phi) is 6.10. The van der Waals surface area contributed by atoms with Crippen LogP contribution in [0.15, 0.2) is 24.3 Å². The van der Waals surface area contributed by atoms with Gasteiger partial charge in [-0.25, -0.2) is 4.79 Å². The molecule has 3 N–H and O–H groups in total. The smallest absolute Gasteiger partial charge is 0.315 e. The summed E-state index contributed by atoms with van der Waals surface area (Å²) >= 11 is 0. The number of carbonyl (C=O) groups excluding carboxylic acids is 1. The number of anilines is 1. The number of urea groups is 1. The summed E-state index contributed by atoms with van der Waals surface area (Å²) in [6, 6.07) is 8.83. The number of amides is 2. The summed E-state index contributed by atoms with van der Waals surface area (Å²) in [4.78, 5) is 14.1. The molecule has 1 heterocycles. The molecule has 24 heavy (non-hydrogen) atoms. The van der Waals surface area contributed by atoms with Gasteiger partial charge in [-0.3, -0.25) is 0 Å². The molecule has 1 atom stereocenters. The number of hydrogen-bond donors (Lipinski definition) is 3. The van der Waals surface area contributed by atoms with Gasteiger partial charge in [0.1, 0.15) is 0 Å². The first kappa shape index (κ1) is 18.6. The second-order valence-electron chi connectivity index (χ2n) is 7.76. The van der Waals surface area contributed by atoms with Gasteiger partial charge in [0, 0.05) is 31.4 Å². The highest BCUT2D eigenvalue weighted by atomic mass is 16.3. The Bertz CT molecular complexity index is 527. The topological polar surface area (TPSA) is 64.6 Å². The molecule has 0 radical (unpaired) electrons. The van der Waals surface area contributed by atoms with E-state index in [4.69, 9.17) is 0 Å². The van der Waals surface area contributed by atoms with Crippen molar-refractivity contribution in [2.45, 2.75) is 58.1 Å². The van der Waals surface area contributed by atoms with Gasteiger partial charge in [-0.2, -0.15) is 0 Å². The zero-order chi connectivity index (χ0) is 17.7. The lowest BCUT2D eigenvalue weighted by atomic mass is 9.87. The third-order valence-electron chi connectivity index (χ3n) is 4.49. The van der Waals surface area contributed by atoms with Crippen molar-refractivity contribution < 1.29 is 9.90 Å². The number of rotatable bonds is 4. The van der Waals surface area contributed by atoms with E-state index in [-0.39, 0.29) is 24.0 Å². The van der Waals surface area contributed by atoms with Crippen LogP contribution in [-0.4, -0.2) is 42.9 Å². The van der Waals surface area contributed by atoms with E-state index in [2.05, 4.69) is 60.6 Å². The van der Waals surface area contributed by atoms with Crippen LogP contribution in [0.4, 0.5) is 10.5 Å². The fourth-order valence-electron chi connectivity index (χ4n) is 2.93. The fourth-order valence-corrected chi connectivity index (χ4v) is 2.93. The second-order valence-corrected chi connectivity index (χ2v) is 7.76. The molecule has 2 amide bonds. The molecule has 2 rings (SSSR count). The third kappa shape index (κ3) is 5.41. The van der Waals surface area contributed by atoms with Gasteiger partial charge in [-0.1, -0.05) is 32.9 Å². The van der Waals surface area contributed by atoms with Crippen molar-refractivity contribution in [2.24, 2.45) is 0 Å². The predicted molar refractivity (Wildman–Crippen MR) is 98.6 cm³/mol. The van der Waals surface area contributed by atoms with Crippen molar-refractivity contribution in [1.29, 1.82) is 0 Å². The number of nitrogens with one attached hydrogen (secondary N) is 2. The maximum Gasteiger partial charge on any atom is 0.315 e. The Balaban J connectivity index is 1.81. The molecular weight excluding hydrogens is 302 g/mol. The first-order valence-electron chi connectivity index (χ1n) is 8.83. The zero-order valence-electron chi connectivity index (χ0n) is 15.3. The van der Waals surface area contributed by atoms with Crippen LogP contribution in [0.25, 0.3) is 0 Å². The standard InChI is InChI=1S/C19H31N3O2/c1-14(23)13-20-18(24)21-16-9-11-22(12-10-16)17-7-5-15(6-8-17)19(2,3)4/h5-8,14,16,23H,9-13H2,1-4H3,(H2,20,21,24)/t14-/m1/s1. The van der Waals surface area contributed by atoms with Gasteiger partial charge < -0.3 is 20.6 Å². The number of nitrogens with zero attached hydrogens (tertiary/aromatic N) is 1. The first-order valence-corrected chi connectivity index (χ1v) is 8.83. The van der Waals surface area contributed by atoms with Crippen LogP contribution < -0.4 is 15.5 Å². The maximum absolute atomic E-state index is 11.8. The summed E-state index contributed by atoms with van der Waals surface area (Å²) < 4.78 is 0. The summed E-state index contributed by atoms with van der Waals surface area (Å²) in [7, 11) is 0. The number of aliphatic hydroxyl groups is 1. The molecule has 5 nitrogen and oxygen atoms in total. The van der Waals surface area contributed by atoms with E-state index in [9.17, 15) is 9.90 Å². The normalized spacial score (nSPS) is 17.5. The van der Waals surface area contributed by atoms with Gasteiger partial charge >= 0.3 is 6.03 Å². The molecule has 0 saturated carbocycles. The van der Waals surface area contributed by atoms with Crippen LogP contribution in [0.1, 0.15) is 46.1 Å². The molecule has 0 unspecified atom stereocenters. The molecule has 5 heteroatoms. The number of piperidine rings is 1. The average molecular weight is 333 g/mol. The minimum absolute atomic E-state index is 0.175. The van der Waals surface area contributed by atoms with Crippen LogP contribution in [-0.2, 0) is 5.41 Å². The first-order chi connectivity index (χ1) is 11.3. The van der Waals surface area contributed by atoms with Gasteiger partial charge in [0.2, 0.25) is 0 Å². The van der Waals surface area contributed by atoms with E-state index in [0.717, 1.165) is 25.9 Å². The lowest BCUT2D eigenvalue weighted by Crippen LogP contribution is -2.48. The van der Waals surface area contributed by atoms with Crippen LogP contribution in [0.5, 0.6) is 0 Å². The van der Waals surface area contributed by atoms with E-state index in [1.165, 1.54) is 11.3 Å². The summed E-state index contributed by atoms with van der Waals surface area (Å²) in [6.45, 7) is 10.5. The molecule has 1 aromatic carbocycles. The monoisotopic (exact) mass is 333 g/mol. The summed E-state index contributed by atoms with van der Waals surface area (Å²) in [5, 5.41) is 14.9. The molecule has 1 saturated heterocycles. The molecule has 1 aromatic rings. The average Bonchev–Trinajstić information content (AvgIpc) is 2.53. The van der Waals surface area contributed by atoms with Crippen LogP contribution in [0.2, 0.25) is 0 Å². The van der Waals surface area contributed by atoms with Crippen molar-refractivity contribution in [3.8, 4) is 0 Å². The largest absolute Gasteiger partial charge is 0.392 e. The molecule has 1 fully saturated rings. The SMILES string of the molecule is C[C@@H](O)CNC(=O)NC1CCN(c2ccc(C(C)(C)C)cc2)CC1. The molecule has 0 aliphatic carbocycles. The predicted octanol–water partition coefficient (Wildman–Crippen LogP) is 2.63. The highest BCUT2D eigenvalue weighted by molar-refractivity contribution is 5.74. The summed E-state index contributed by atoms with van der Waals surface area (Å²) in [5.74, 6) is 0. The Morgan fingerprint density at radius 3 is 2.33 bits per heavy atom. The Morgan fingerprint density at radius 1 is 1.25 bits per heavy atom. The third-order valence-corrected chi connectivity index (χ3v) is 4.49. The summed E-state index contributed by atoms with van der Waals surface area (Å²) in [5.41, 5.74) is 2.77. The van der Waals surface area contributed by atoms with Crippen molar-refractivity contribution in [3.63, 3.8) is 0 Å². The van der Waals surface area contributed by atoms with Crippen molar-refractivity contribution in [1.82, 2.24) is 10.6 Å². The molecular formula is C19H31N3O2. The number of aliphatic hydroxyl groups excluding tert-OH is 1. The molecule has 0 aromatic heterocycles. The zero-order valence-corrected chi connectivity index (χ0v) is 15.3. The van der Waals surface area contributed by atoms with E-state index in [0.29, 0.717) is 0 Å². The highest BCUT2D eigenvalue weighted by Crippen LogP contribution is 2.26. The van der Waals surface area contributed by atoms with Crippen LogP contribution >= 0.6 is 0 Å². The Hall–Kier alpha value is -1.75. The van der Waals surface area contributed by atoms with Gasteiger partial charge in [0.15, 0.2) is 0 Å². The molecule has 1 aliphatic rings. The van der Waals surface area contributed by atoms with E-state index < -0.39 is 6.10 Å². The molecule has 0 spiro atoms.